The van der Waals surface area contributed by atoms with Gasteiger partial charge in [0.25, 0.3) is 0 Å². The first-order valence-electron chi connectivity index (χ1n) is 8.74. The number of para-hydroxylation sites is 2. The zero-order valence-corrected chi connectivity index (χ0v) is 14.6. The van der Waals surface area contributed by atoms with E-state index in [9.17, 15) is 4.79 Å². The fourth-order valence-corrected chi connectivity index (χ4v) is 2.75. The molecule has 0 unspecified atom stereocenters. The van der Waals surface area contributed by atoms with Gasteiger partial charge in [-0.25, -0.2) is 4.98 Å². The highest BCUT2D eigenvalue weighted by atomic mass is 16.3. The standard InChI is InChI=1S/C23H18N2O2/c26-22(15-12-17-6-2-1-3-7-17)24-16-18-10-13-19(14-11-18)23-25-20-8-4-5-9-21(20)27-23/h1-15H,16H2,(H,24,26)/b15-12+. The SMILES string of the molecule is O=C(/C=C/c1ccccc1)NCc1ccc(-c2nc3ccccc3o2)cc1. The van der Waals surface area contributed by atoms with Crippen molar-refractivity contribution in [3.63, 3.8) is 0 Å². The van der Waals surface area contributed by atoms with E-state index in [0.29, 0.717) is 12.4 Å². The lowest BCUT2D eigenvalue weighted by atomic mass is 10.1. The van der Waals surface area contributed by atoms with E-state index in [-0.39, 0.29) is 5.91 Å². The van der Waals surface area contributed by atoms with Gasteiger partial charge in [-0.1, -0.05) is 54.6 Å². The minimum Gasteiger partial charge on any atom is -0.436 e. The highest BCUT2D eigenvalue weighted by molar-refractivity contribution is 5.91. The number of nitrogens with one attached hydrogen (secondary N) is 1. The van der Waals surface area contributed by atoms with E-state index >= 15 is 0 Å². The van der Waals surface area contributed by atoms with Gasteiger partial charge in [-0.2, -0.15) is 0 Å². The van der Waals surface area contributed by atoms with Crippen LogP contribution in [0.1, 0.15) is 11.1 Å². The van der Waals surface area contributed by atoms with Crippen LogP contribution in [0.2, 0.25) is 0 Å². The maximum absolute atomic E-state index is 12.0. The minimum atomic E-state index is -0.123. The monoisotopic (exact) mass is 354 g/mol. The molecule has 4 aromatic rings. The van der Waals surface area contributed by atoms with E-state index in [2.05, 4.69) is 10.3 Å². The van der Waals surface area contributed by atoms with Crippen molar-refractivity contribution in [2.45, 2.75) is 6.54 Å². The second-order valence-corrected chi connectivity index (χ2v) is 6.15. The Morgan fingerprint density at radius 3 is 2.44 bits per heavy atom. The molecule has 0 aliphatic heterocycles. The average molecular weight is 354 g/mol. The van der Waals surface area contributed by atoms with Crippen LogP contribution in [0.15, 0.2) is 89.4 Å². The zero-order chi connectivity index (χ0) is 18.5. The number of hydrogen-bond donors (Lipinski definition) is 1. The molecule has 132 valence electrons. The predicted molar refractivity (Wildman–Crippen MR) is 107 cm³/mol. The Bertz CT molecular complexity index is 1050. The summed E-state index contributed by atoms with van der Waals surface area (Å²) in [5, 5.41) is 2.89. The second-order valence-electron chi connectivity index (χ2n) is 6.15. The Balaban J connectivity index is 1.38. The summed E-state index contributed by atoms with van der Waals surface area (Å²) in [5.41, 5.74) is 4.53. The average Bonchev–Trinajstić information content (AvgIpc) is 3.16. The van der Waals surface area contributed by atoms with Crippen LogP contribution in [0.3, 0.4) is 0 Å². The highest BCUT2D eigenvalue weighted by Crippen LogP contribution is 2.24. The molecule has 0 spiro atoms. The molecule has 0 bridgehead atoms. The molecule has 1 amide bonds. The third-order valence-electron chi connectivity index (χ3n) is 4.19. The summed E-state index contributed by atoms with van der Waals surface area (Å²) in [5.74, 6) is 0.472. The number of hydrogen-bond acceptors (Lipinski definition) is 3. The molecule has 0 saturated heterocycles. The number of carbonyl (C=O) groups is 1. The number of benzene rings is 3. The Morgan fingerprint density at radius 2 is 1.67 bits per heavy atom. The van der Waals surface area contributed by atoms with Gasteiger partial charge in [-0.15, -0.1) is 0 Å². The van der Waals surface area contributed by atoms with Crippen LogP contribution >= 0.6 is 0 Å². The maximum atomic E-state index is 12.0. The Labute approximate surface area is 157 Å². The zero-order valence-electron chi connectivity index (χ0n) is 14.6. The van der Waals surface area contributed by atoms with Crippen molar-refractivity contribution in [3.05, 3.63) is 96.1 Å². The van der Waals surface area contributed by atoms with Crippen LogP contribution in [0.4, 0.5) is 0 Å². The van der Waals surface area contributed by atoms with Crippen molar-refractivity contribution >= 4 is 23.1 Å². The molecular formula is C23H18N2O2. The molecule has 0 aliphatic carbocycles. The number of amides is 1. The molecule has 0 saturated carbocycles. The van der Waals surface area contributed by atoms with Gasteiger partial charge in [0.2, 0.25) is 11.8 Å². The molecule has 1 aromatic heterocycles. The van der Waals surface area contributed by atoms with Gasteiger partial charge in [0, 0.05) is 18.2 Å². The topological polar surface area (TPSA) is 55.1 Å². The summed E-state index contributed by atoms with van der Waals surface area (Å²) < 4.78 is 5.78. The van der Waals surface area contributed by atoms with Gasteiger partial charge in [0.05, 0.1) is 0 Å². The fraction of sp³-hybridized carbons (Fsp3) is 0.0435. The molecule has 27 heavy (non-hydrogen) atoms. The molecule has 0 atom stereocenters. The maximum Gasteiger partial charge on any atom is 0.244 e. The van der Waals surface area contributed by atoms with Crippen molar-refractivity contribution in [2.75, 3.05) is 0 Å². The van der Waals surface area contributed by atoms with E-state index < -0.39 is 0 Å². The first-order chi connectivity index (χ1) is 13.3. The van der Waals surface area contributed by atoms with Crippen LogP contribution < -0.4 is 5.32 Å². The lowest BCUT2D eigenvalue weighted by Gasteiger charge is -2.03. The third-order valence-corrected chi connectivity index (χ3v) is 4.19. The molecule has 4 nitrogen and oxygen atoms in total. The number of oxazole rings is 1. The number of rotatable bonds is 5. The largest absolute Gasteiger partial charge is 0.436 e. The van der Waals surface area contributed by atoms with Crippen LogP contribution in [-0.4, -0.2) is 10.9 Å². The summed E-state index contributed by atoms with van der Waals surface area (Å²) in [7, 11) is 0. The number of nitrogens with zero attached hydrogens (tertiary/aromatic N) is 1. The fourth-order valence-electron chi connectivity index (χ4n) is 2.75. The summed E-state index contributed by atoms with van der Waals surface area (Å²) in [6.07, 6.45) is 3.34. The smallest absolute Gasteiger partial charge is 0.244 e. The first kappa shape index (κ1) is 16.8. The quantitative estimate of drug-likeness (QED) is 0.523. The summed E-state index contributed by atoms with van der Waals surface area (Å²) in [6, 6.07) is 25.3. The molecule has 0 aliphatic rings. The van der Waals surface area contributed by atoms with E-state index in [0.717, 1.165) is 27.8 Å². The van der Waals surface area contributed by atoms with Gasteiger partial charge in [0.15, 0.2) is 5.58 Å². The van der Waals surface area contributed by atoms with E-state index in [1.165, 1.54) is 0 Å². The predicted octanol–water partition coefficient (Wildman–Crippen LogP) is 4.82. The summed E-state index contributed by atoms with van der Waals surface area (Å²) >= 11 is 0. The van der Waals surface area contributed by atoms with Gasteiger partial charge in [-0.3, -0.25) is 4.79 Å². The molecule has 1 N–H and O–H groups in total. The number of carbonyl (C=O) groups excluding carboxylic acids is 1. The number of aromatic nitrogens is 1. The lowest BCUT2D eigenvalue weighted by molar-refractivity contribution is -0.116. The Morgan fingerprint density at radius 1 is 0.926 bits per heavy atom. The molecule has 4 heteroatoms. The van der Waals surface area contributed by atoms with Gasteiger partial charge >= 0.3 is 0 Å². The van der Waals surface area contributed by atoms with E-state index in [1.807, 2.05) is 78.9 Å². The Hall–Kier alpha value is -3.66. The summed E-state index contributed by atoms with van der Waals surface area (Å²) in [6.45, 7) is 0.464. The van der Waals surface area contributed by atoms with Crippen LogP contribution in [-0.2, 0) is 11.3 Å². The highest BCUT2D eigenvalue weighted by Gasteiger charge is 2.07. The Kier molecular flexibility index (Phi) is 4.79. The molecule has 0 fully saturated rings. The van der Waals surface area contributed by atoms with Gasteiger partial charge < -0.3 is 9.73 Å². The summed E-state index contributed by atoms with van der Waals surface area (Å²) in [4.78, 5) is 16.4. The second kappa shape index (κ2) is 7.70. The van der Waals surface area contributed by atoms with Crippen LogP contribution in [0, 0.1) is 0 Å². The molecular weight excluding hydrogens is 336 g/mol. The normalized spacial score (nSPS) is 11.1. The minimum absolute atomic E-state index is 0.123. The first-order valence-corrected chi connectivity index (χ1v) is 8.74. The molecule has 4 rings (SSSR count). The van der Waals surface area contributed by atoms with Crippen molar-refractivity contribution in [1.29, 1.82) is 0 Å². The van der Waals surface area contributed by atoms with E-state index in [4.69, 9.17) is 4.42 Å². The van der Waals surface area contributed by atoms with Crippen molar-refractivity contribution < 1.29 is 9.21 Å². The van der Waals surface area contributed by atoms with Crippen molar-refractivity contribution in [1.82, 2.24) is 10.3 Å². The van der Waals surface area contributed by atoms with Crippen molar-refractivity contribution in [3.8, 4) is 11.5 Å². The van der Waals surface area contributed by atoms with Crippen molar-refractivity contribution in [2.24, 2.45) is 0 Å². The number of fused-ring (bicyclic) bond motifs is 1. The molecule has 3 aromatic carbocycles. The van der Waals surface area contributed by atoms with Crippen LogP contribution in [0.25, 0.3) is 28.6 Å². The molecule has 0 radical (unpaired) electrons. The van der Waals surface area contributed by atoms with Crippen LogP contribution in [0.5, 0.6) is 0 Å². The van der Waals surface area contributed by atoms with Gasteiger partial charge in [0.1, 0.15) is 5.52 Å². The molecule has 1 heterocycles. The lowest BCUT2D eigenvalue weighted by Crippen LogP contribution is -2.20. The third kappa shape index (κ3) is 4.12. The van der Waals surface area contributed by atoms with Gasteiger partial charge in [-0.05, 0) is 41.5 Å². The van der Waals surface area contributed by atoms with E-state index in [1.54, 1.807) is 12.2 Å².